The highest BCUT2D eigenvalue weighted by molar-refractivity contribution is 6.08. The van der Waals surface area contributed by atoms with Gasteiger partial charge in [-0.05, 0) is 42.3 Å². The van der Waals surface area contributed by atoms with Crippen LogP contribution in [0, 0.1) is 0 Å². The lowest BCUT2D eigenvalue weighted by atomic mass is 9.84. The first kappa shape index (κ1) is 18.6. The lowest BCUT2D eigenvalue weighted by Gasteiger charge is -2.27. The normalized spacial score (nSPS) is 15.8. The third-order valence-electron chi connectivity index (χ3n) is 6.11. The van der Waals surface area contributed by atoms with Gasteiger partial charge in [0.15, 0.2) is 11.5 Å². The van der Waals surface area contributed by atoms with Crippen LogP contribution in [0.2, 0.25) is 0 Å². The first-order chi connectivity index (χ1) is 14.6. The molecule has 0 spiro atoms. The van der Waals surface area contributed by atoms with Crippen LogP contribution in [-0.2, 0) is 11.3 Å². The molecule has 1 aliphatic heterocycles. The Morgan fingerprint density at radius 2 is 1.70 bits per heavy atom. The molecule has 1 N–H and O–H groups in total. The number of amides is 1. The number of benzene rings is 3. The molecular weight excluding hydrogens is 376 g/mol. The van der Waals surface area contributed by atoms with E-state index in [2.05, 4.69) is 59.3 Å². The number of ether oxygens (including phenoxy) is 2. The summed E-state index contributed by atoms with van der Waals surface area (Å²) in [4.78, 5) is 12.5. The molecule has 0 aliphatic carbocycles. The maximum atomic E-state index is 12.5. The highest BCUT2D eigenvalue weighted by Gasteiger charge is 2.29. The summed E-state index contributed by atoms with van der Waals surface area (Å²) in [7, 11) is 3.23. The molecule has 152 valence electrons. The zero-order chi connectivity index (χ0) is 20.8. The molecule has 5 rings (SSSR count). The maximum Gasteiger partial charge on any atom is 0.225 e. The highest BCUT2D eigenvalue weighted by atomic mass is 16.5. The van der Waals surface area contributed by atoms with E-state index in [1.54, 1.807) is 14.2 Å². The third-order valence-corrected chi connectivity index (χ3v) is 6.11. The van der Waals surface area contributed by atoms with Crippen LogP contribution in [0.5, 0.6) is 11.5 Å². The molecule has 30 heavy (non-hydrogen) atoms. The second kappa shape index (κ2) is 7.10. The first-order valence-corrected chi connectivity index (χ1v) is 10.2. The van der Waals surface area contributed by atoms with Gasteiger partial charge in [-0.25, -0.2) is 0 Å². The van der Waals surface area contributed by atoms with Gasteiger partial charge >= 0.3 is 0 Å². The number of hydrogen-bond acceptors (Lipinski definition) is 3. The summed E-state index contributed by atoms with van der Waals surface area (Å²) in [5.74, 6) is 1.25. The van der Waals surface area contributed by atoms with Gasteiger partial charge in [-0.1, -0.05) is 24.3 Å². The van der Waals surface area contributed by atoms with Crippen molar-refractivity contribution in [2.75, 3.05) is 19.5 Å². The van der Waals surface area contributed by atoms with Crippen molar-refractivity contribution in [2.45, 2.75) is 25.8 Å². The summed E-state index contributed by atoms with van der Waals surface area (Å²) in [5, 5.41) is 5.45. The van der Waals surface area contributed by atoms with E-state index in [1.165, 1.54) is 21.8 Å². The van der Waals surface area contributed by atoms with Crippen molar-refractivity contribution >= 4 is 33.4 Å². The Bertz CT molecular complexity index is 1290. The van der Waals surface area contributed by atoms with Crippen LogP contribution in [0.3, 0.4) is 0 Å². The molecule has 1 atom stereocenters. The Balaban J connectivity index is 1.71. The van der Waals surface area contributed by atoms with Crippen molar-refractivity contribution in [1.29, 1.82) is 0 Å². The van der Waals surface area contributed by atoms with Crippen LogP contribution in [0.4, 0.5) is 5.69 Å². The van der Waals surface area contributed by atoms with Gasteiger partial charge in [0.1, 0.15) is 0 Å². The van der Waals surface area contributed by atoms with Crippen molar-refractivity contribution in [3.63, 3.8) is 0 Å². The first-order valence-electron chi connectivity index (χ1n) is 10.2. The summed E-state index contributed by atoms with van der Waals surface area (Å²) >= 11 is 0. The van der Waals surface area contributed by atoms with E-state index in [9.17, 15) is 4.79 Å². The Morgan fingerprint density at radius 1 is 0.967 bits per heavy atom. The Morgan fingerprint density at radius 3 is 2.47 bits per heavy atom. The number of aryl methyl sites for hydroxylation is 1. The molecule has 5 nitrogen and oxygen atoms in total. The predicted molar refractivity (Wildman–Crippen MR) is 120 cm³/mol. The van der Waals surface area contributed by atoms with Gasteiger partial charge in [0, 0.05) is 52.4 Å². The van der Waals surface area contributed by atoms with E-state index < -0.39 is 0 Å². The SMILES string of the molecule is CCn1c2ccccc2c2cc([C@@H]3CC(=O)Nc4cc(OC)c(OC)cc43)ccc21. The highest BCUT2D eigenvalue weighted by Crippen LogP contribution is 2.44. The van der Waals surface area contributed by atoms with E-state index in [0.717, 1.165) is 23.4 Å². The lowest BCUT2D eigenvalue weighted by molar-refractivity contribution is -0.116. The molecule has 3 aromatic carbocycles. The average molecular weight is 400 g/mol. The van der Waals surface area contributed by atoms with Gasteiger partial charge in [0.05, 0.1) is 14.2 Å². The number of para-hydroxylation sites is 1. The number of aromatic nitrogens is 1. The summed E-state index contributed by atoms with van der Waals surface area (Å²) in [6, 6.07) is 18.9. The van der Waals surface area contributed by atoms with Gasteiger partial charge in [0.25, 0.3) is 0 Å². The smallest absolute Gasteiger partial charge is 0.225 e. The summed E-state index contributed by atoms with van der Waals surface area (Å²) in [6.45, 7) is 3.08. The maximum absolute atomic E-state index is 12.5. The number of carbonyl (C=O) groups excluding carboxylic acids is 1. The molecule has 0 unspecified atom stereocenters. The summed E-state index contributed by atoms with van der Waals surface area (Å²) < 4.78 is 13.3. The molecule has 0 bridgehead atoms. The number of methoxy groups -OCH3 is 2. The van der Waals surface area contributed by atoms with E-state index in [-0.39, 0.29) is 11.8 Å². The Hall–Kier alpha value is -3.47. The van der Waals surface area contributed by atoms with Crippen LogP contribution in [0.1, 0.15) is 30.4 Å². The molecule has 0 radical (unpaired) electrons. The second-order valence-electron chi connectivity index (χ2n) is 7.64. The minimum atomic E-state index is -0.0401. The summed E-state index contributed by atoms with van der Waals surface area (Å²) in [6.07, 6.45) is 0.403. The fourth-order valence-corrected chi connectivity index (χ4v) is 4.71. The van der Waals surface area contributed by atoms with E-state index >= 15 is 0 Å². The molecule has 1 aliphatic rings. The van der Waals surface area contributed by atoms with Crippen LogP contribution >= 0.6 is 0 Å². The zero-order valence-electron chi connectivity index (χ0n) is 17.4. The predicted octanol–water partition coefficient (Wildman–Crippen LogP) is 5.31. The molecule has 1 amide bonds. The molecule has 0 saturated heterocycles. The number of rotatable bonds is 4. The largest absolute Gasteiger partial charge is 0.493 e. The fraction of sp³-hybridized carbons (Fsp3) is 0.240. The number of hydrogen-bond donors (Lipinski definition) is 1. The fourth-order valence-electron chi connectivity index (χ4n) is 4.71. The summed E-state index contributed by atoms with van der Waals surface area (Å²) in [5.41, 5.74) is 5.41. The minimum absolute atomic E-state index is 0.0100. The quantitative estimate of drug-likeness (QED) is 0.505. The van der Waals surface area contributed by atoms with Crippen molar-refractivity contribution < 1.29 is 14.3 Å². The van der Waals surface area contributed by atoms with Crippen molar-refractivity contribution in [3.05, 3.63) is 65.7 Å². The third kappa shape index (κ3) is 2.73. The molecule has 5 heteroatoms. The monoisotopic (exact) mass is 400 g/mol. The molecule has 0 fully saturated rings. The molecule has 4 aromatic rings. The number of fused-ring (bicyclic) bond motifs is 4. The average Bonchev–Trinajstić information content (AvgIpc) is 3.10. The lowest BCUT2D eigenvalue weighted by Crippen LogP contribution is -2.23. The van der Waals surface area contributed by atoms with Crippen LogP contribution < -0.4 is 14.8 Å². The molecular formula is C25H24N2O3. The number of nitrogens with zero attached hydrogens (tertiary/aromatic N) is 1. The zero-order valence-corrected chi connectivity index (χ0v) is 17.4. The minimum Gasteiger partial charge on any atom is -0.493 e. The molecule has 2 heterocycles. The van der Waals surface area contributed by atoms with Crippen LogP contribution in [-0.4, -0.2) is 24.7 Å². The number of nitrogens with one attached hydrogen (secondary N) is 1. The van der Waals surface area contributed by atoms with Crippen molar-refractivity contribution in [2.24, 2.45) is 0 Å². The van der Waals surface area contributed by atoms with E-state index in [0.29, 0.717) is 17.9 Å². The molecule has 0 saturated carbocycles. The van der Waals surface area contributed by atoms with Gasteiger partial charge in [0.2, 0.25) is 5.91 Å². The molecule has 1 aromatic heterocycles. The van der Waals surface area contributed by atoms with Gasteiger partial charge in [-0.15, -0.1) is 0 Å². The van der Waals surface area contributed by atoms with Gasteiger partial charge in [-0.2, -0.15) is 0 Å². The van der Waals surface area contributed by atoms with Crippen molar-refractivity contribution in [3.8, 4) is 11.5 Å². The standard InChI is InChI=1S/C25H24N2O3/c1-4-27-21-8-6-5-7-16(21)19-11-15(9-10-22(19)27)17-13-25(28)26-20-14-24(30-3)23(29-2)12-18(17)20/h5-12,14,17H,4,13H2,1-3H3,(H,26,28)/t17-/m0/s1. The van der Waals surface area contributed by atoms with E-state index in [4.69, 9.17) is 9.47 Å². The Labute approximate surface area is 175 Å². The van der Waals surface area contributed by atoms with E-state index in [1.807, 2.05) is 12.1 Å². The Kier molecular flexibility index (Phi) is 4.39. The van der Waals surface area contributed by atoms with Crippen LogP contribution in [0.25, 0.3) is 21.8 Å². The van der Waals surface area contributed by atoms with Crippen molar-refractivity contribution in [1.82, 2.24) is 4.57 Å². The number of carbonyl (C=O) groups is 1. The van der Waals surface area contributed by atoms with Crippen LogP contribution in [0.15, 0.2) is 54.6 Å². The topological polar surface area (TPSA) is 52.5 Å². The second-order valence-corrected chi connectivity index (χ2v) is 7.64. The number of anilines is 1. The van der Waals surface area contributed by atoms with Gasteiger partial charge in [-0.3, -0.25) is 4.79 Å². The van der Waals surface area contributed by atoms with Gasteiger partial charge < -0.3 is 19.4 Å².